The molecule has 0 fully saturated rings. The Kier molecular flexibility index (Phi) is 4.80. The highest BCUT2D eigenvalue weighted by atomic mass is 16.6. The summed E-state index contributed by atoms with van der Waals surface area (Å²) < 4.78 is 10.1. The van der Waals surface area contributed by atoms with Crippen molar-refractivity contribution >= 4 is 12.1 Å². The van der Waals surface area contributed by atoms with Crippen LogP contribution in [0.5, 0.6) is 0 Å². The van der Waals surface area contributed by atoms with Crippen LogP contribution in [0.1, 0.15) is 34.1 Å². The highest BCUT2D eigenvalue weighted by Crippen LogP contribution is 2.19. The Hall–Kier alpha value is -1.72. The van der Waals surface area contributed by atoms with Gasteiger partial charge in [0.2, 0.25) is 0 Å². The molecular formula is C13H21NO5. The number of aliphatic hydroxyl groups is 1. The maximum Gasteiger partial charge on any atom is 0.410 e. The van der Waals surface area contributed by atoms with Crippen molar-refractivity contribution in [3.8, 4) is 0 Å². The molecule has 0 aromatic rings. The van der Waals surface area contributed by atoms with Crippen LogP contribution >= 0.6 is 0 Å². The maximum absolute atomic E-state index is 11.9. The van der Waals surface area contributed by atoms with E-state index in [1.165, 1.54) is 4.90 Å². The van der Waals surface area contributed by atoms with Crippen molar-refractivity contribution in [2.75, 3.05) is 19.7 Å². The predicted octanol–water partition coefficient (Wildman–Crippen LogP) is 2.00. The minimum absolute atomic E-state index is 0.0135. The molecule has 1 rings (SSSR count). The Balaban J connectivity index is 2.73. The molecule has 0 atom stereocenters. The van der Waals surface area contributed by atoms with Gasteiger partial charge >= 0.3 is 12.1 Å². The minimum Gasteiger partial charge on any atom is -0.512 e. The van der Waals surface area contributed by atoms with Gasteiger partial charge < -0.3 is 19.5 Å². The molecule has 1 heterocycles. The summed E-state index contributed by atoms with van der Waals surface area (Å²) in [6.07, 6.45) is -0.269. The molecule has 0 spiro atoms. The second kappa shape index (κ2) is 5.95. The fourth-order valence-corrected chi connectivity index (χ4v) is 1.64. The molecule has 0 aliphatic carbocycles. The second-order valence-electron chi connectivity index (χ2n) is 5.30. The first-order valence-electron chi connectivity index (χ1n) is 6.30. The number of hydrogen-bond donors (Lipinski definition) is 1. The van der Waals surface area contributed by atoms with E-state index in [4.69, 9.17) is 9.47 Å². The lowest BCUT2D eigenvalue weighted by atomic mass is 10.1. The van der Waals surface area contributed by atoms with Crippen molar-refractivity contribution in [3.63, 3.8) is 0 Å². The van der Waals surface area contributed by atoms with E-state index in [1.54, 1.807) is 27.7 Å². The van der Waals surface area contributed by atoms with Gasteiger partial charge in [-0.3, -0.25) is 0 Å². The molecule has 0 aromatic heterocycles. The molecule has 0 aromatic carbocycles. The summed E-state index contributed by atoms with van der Waals surface area (Å²) >= 11 is 0. The Morgan fingerprint density at radius 2 is 2.00 bits per heavy atom. The molecule has 1 aliphatic heterocycles. The number of amides is 1. The van der Waals surface area contributed by atoms with Crippen LogP contribution in [-0.4, -0.2) is 47.4 Å². The van der Waals surface area contributed by atoms with E-state index >= 15 is 0 Å². The highest BCUT2D eigenvalue weighted by Gasteiger charge is 2.30. The van der Waals surface area contributed by atoms with Gasteiger partial charge in [0.15, 0.2) is 0 Å². The zero-order chi connectivity index (χ0) is 14.6. The maximum atomic E-state index is 11.9. The van der Waals surface area contributed by atoms with Gasteiger partial charge in [0, 0.05) is 13.0 Å². The quantitative estimate of drug-likeness (QED) is 0.777. The van der Waals surface area contributed by atoms with Crippen molar-refractivity contribution < 1.29 is 24.2 Å². The fraction of sp³-hybridized carbons (Fsp3) is 0.692. The summed E-state index contributed by atoms with van der Waals surface area (Å²) in [5.74, 6) is -0.605. The largest absolute Gasteiger partial charge is 0.512 e. The van der Waals surface area contributed by atoms with Crippen molar-refractivity contribution in [2.24, 2.45) is 0 Å². The van der Waals surface area contributed by atoms with Gasteiger partial charge in [0.05, 0.1) is 18.7 Å². The fourth-order valence-electron chi connectivity index (χ4n) is 1.64. The van der Waals surface area contributed by atoms with Crippen LogP contribution in [0.2, 0.25) is 0 Å². The predicted molar refractivity (Wildman–Crippen MR) is 68.7 cm³/mol. The molecule has 6 heteroatoms. The summed E-state index contributed by atoms with van der Waals surface area (Å²) in [5, 5.41) is 9.70. The van der Waals surface area contributed by atoms with Crippen molar-refractivity contribution in [2.45, 2.75) is 39.7 Å². The van der Waals surface area contributed by atoms with Crippen LogP contribution in [-0.2, 0) is 14.3 Å². The molecule has 19 heavy (non-hydrogen) atoms. The lowest BCUT2D eigenvalue weighted by molar-refractivity contribution is -0.139. The zero-order valence-corrected chi connectivity index (χ0v) is 11.9. The molecule has 0 bridgehead atoms. The molecule has 6 nitrogen and oxygen atoms in total. The minimum atomic E-state index is -0.593. The van der Waals surface area contributed by atoms with Gasteiger partial charge in [0.25, 0.3) is 0 Å². The smallest absolute Gasteiger partial charge is 0.410 e. The van der Waals surface area contributed by atoms with E-state index in [0.717, 1.165) is 0 Å². The average Bonchev–Trinajstić information content (AvgIpc) is 2.27. The number of carbonyl (C=O) groups excluding carboxylic acids is 2. The van der Waals surface area contributed by atoms with Crippen LogP contribution in [0, 0.1) is 0 Å². The molecule has 0 radical (unpaired) electrons. The summed E-state index contributed by atoms with van der Waals surface area (Å²) in [5.41, 5.74) is -0.469. The van der Waals surface area contributed by atoms with E-state index in [-0.39, 0.29) is 30.9 Å². The van der Waals surface area contributed by atoms with Gasteiger partial charge in [-0.2, -0.15) is 0 Å². The number of nitrogens with zero attached hydrogens (tertiary/aromatic N) is 1. The normalized spacial score (nSPS) is 16.3. The Morgan fingerprint density at radius 1 is 1.37 bits per heavy atom. The van der Waals surface area contributed by atoms with E-state index in [0.29, 0.717) is 6.54 Å². The molecule has 0 unspecified atom stereocenters. The molecule has 0 saturated carbocycles. The average molecular weight is 271 g/mol. The molecule has 0 saturated heterocycles. The summed E-state index contributed by atoms with van der Waals surface area (Å²) in [7, 11) is 0. The first-order chi connectivity index (χ1) is 8.74. The van der Waals surface area contributed by atoms with Gasteiger partial charge in [-0.05, 0) is 27.7 Å². The number of carbonyl (C=O) groups is 2. The lowest BCUT2D eigenvalue weighted by Crippen LogP contribution is -2.42. The third-order valence-corrected chi connectivity index (χ3v) is 2.49. The van der Waals surface area contributed by atoms with Gasteiger partial charge in [-0.15, -0.1) is 0 Å². The molecular weight excluding hydrogens is 250 g/mol. The lowest BCUT2D eigenvalue weighted by Gasteiger charge is -2.30. The first-order valence-corrected chi connectivity index (χ1v) is 6.30. The summed E-state index contributed by atoms with van der Waals surface area (Å²) in [4.78, 5) is 24.9. The van der Waals surface area contributed by atoms with E-state index in [1.807, 2.05) is 0 Å². The van der Waals surface area contributed by atoms with Gasteiger partial charge in [0.1, 0.15) is 11.4 Å². The SMILES string of the molecule is CCOC(=O)C1=C(O)CCN(C(=O)OC(C)(C)C)C1. The third kappa shape index (κ3) is 4.46. The number of hydrogen-bond acceptors (Lipinski definition) is 5. The molecule has 1 amide bonds. The van der Waals surface area contributed by atoms with E-state index in [9.17, 15) is 14.7 Å². The first kappa shape index (κ1) is 15.3. The number of aliphatic hydroxyl groups excluding tert-OH is 1. The van der Waals surface area contributed by atoms with Crippen LogP contribution in [0.25, 0.3) is 0 Å². The van der Waals surface area contributed by atoms with Crippen molar-refractivity contribution in [1.29, 1.82) is 0 Å². The third-order valence-electron chi connectivity index (χ3n) is 2.49. The van der Waals surface area contributed by atoms with Crippen LogP contribution in [0.4, 0.5) is 4.79 Å². The Morgan fingerprint density at radius 3 is 2.53 bits per heavy atom. The number of esters is 1. The number of ether oxygens (including phenoxy) is 2. The Labute approximate surface area is 113 Å². The van der Waals surface area contributed by atoms with Crippen molar-refractivity contribution in [1.82, 2.24) is 4.90 Å². The van der Waals surface area contributed by atoms with Gasteiger partial charge in [-0.25, -0.2) is 9.59 Å². The van der Waals surface area contributed by atoms with E-state index in [2.05, 4.69) is 0 Å². The molecule has 108 valence electrons. The van der Waals surface area contributed by atoms with Gasteiger partial charge in [-0.1, -0.05) is 0 Å². The van der Waals surface area contributed by atoms with E-state index < -0.39 is 17.7 Å². The van der Waals surface area contributed by atoms with Crippen LogP contribution < -0.4 is 0 Å². The Bertz CT molecular complexity index is 394. The summed E-state index contributed by atoms with van der Waals surface area (Å²) in [6.45, 7) is 7.56. The van der Waals surface area contributed by atoms with Crippen LogP contribution in [0.3, 0.4) is 0 Å². The topological polar surface area (TPSA) is 76.1 Å². The standard InChI is InChI=1S/C13H21NO5/c1-5-18-11(16)9-8-14(7-6-10(9)15)12(17)19-13(2,3)4/h15H,5-8H2,1-4H3. The van der Waals surface area contributed by atoms with Crippen molar-refractivity contribution in [3.05, 3.63) is 11.3 Å². The zero-order valence-electron chi connectivity index (χ0n) is 11.9. The highest BCUT2D eigenvalue weighted by molar-refractivity contribution is 5.90. The molecule has 1 aliphatic rings. The molecule has 1 N–H and O–H groups in total. The van der Waals surface area contributed by atoms with Crippen LogP contribution in [0.15, 0.2) is 11.3 Å². The monoisotopic (exact) mass is 271 g/mol. The second-order valence-corrected chi connectivity index (χ2v) is 5.30. The number of rotatable bonds is 2. The summed E-state index contributed by atoms with van der Waals surface area (Å²) in [6, 6.07) is 0.